The van der Waals surface area contributed by atoms with Crippen LogP contribution < -0.4 is 5.32 Å². The summed E-state index contributed by atoms with van der Waals surface area (Å²) in [6, 6.07) is 30.3. The summed E-state index contributed by atoms with van der Waals surface area (Å²) in [5.74, 6) is 0.106. The molecule has 1 aromatic heterocycles. The quantitative estimate of drug-likeness (QED) is 0.150. The Bertz CT molecular complexity index is 1700. The molecule has 0 fully saturated rings. The van der Waals surface area contributed by atoms with E-state index in [0.29, 0.717) is 12.2 Å². The lowest BCUT2D eigenvalue weighted by Gasteiger charge is -2.22. The van der Waals surface area contributed by atoms with Gasteiger partial charge in [-0.2, -0.15) is 0 Å². The molecule has 0 bridgehead atoms. The summed E-state index contributed by atoms with van der Waals surface area (Å²) in [5.41, 5.74) is 5.43. The van der Waals surface area contributed by atoms with Crippen LogP contribution in [0.1, 0.15) is 27.2 Å². The summed E-state index contributed by atoms with van der Waals surface area (Å²) in [6.45, 7) is 5.33. The molecule has 0 aliphatic carbocycles. The highest BCUT2D eigenvalue weighted by atomic mass is 32.2. The van der Waals surface area contributed by atoms with E-state index in [1.807, 2.05) is 30.3 Å². The van der Waals surface area contributed by atoms with Crippen molar-refractivity contribution in [3.63, 3.8) is 0 Å². The van der Waals surface area contributed by atoms with E-state index in [1.165, 1.54) is 7.11 Å². The molecule has 7 heteroatoms. The smallest absolute Gasteiger partial charge is 0.408 e. The highest BCUT2D eigenvalue weighted by Crippen LogP contribution is 2.37. The van der Waals surface area contributed by atoms with Gasteiger partial charge in [0, 0.05) is 27.0 Å². The molecule has 5 rings (SSSR count). The summed E-state index contributed by atoms with van der Waals surface area (Å²) in [6.07, 6.45) is -0.240. The molecule has 0 saturated heterocycles. The maximum Gasteiger partial charge on any atom is 0.408 e. The van der Waals surface area contributed by atoms with Gasteiger partial charge in [0.2, 0.25) is 0 Å². The number of carbonyl (C=O) groups is 2. The number of benzene rings is 4. The van der Waals surface area contributed by atoms with Gasteiger partial charge in [0.05, 0.1) is 7.11 Å². The van der Waals surface area contributed by atoms with E-state index in [4.69, 9.17) is 13.9 Å². The Labute approximate surface area is 244 Å². The van der Waals surface area contributed by atoms with Crippen LogP contribution in [0, 0.1) is 0 Å². The summed E-state index contributed by atoms with van der Waals surface area (Å²) >= 11 is 1.62. The van der Waals surface area contributed by atoms with Crippen molar-refractivity contribution in [3.05, 3.63) is 91.0 Å². The molecule has 0 saturated carbocycles. The fourth-order valence-electron chi connectivity index (χ4n) is 4.74. The summed E-state index contributed by atoms with van der Waals surface area (Å²) in [4.78, 5) is 25.5. The number of para-hydroxylation sites is 2. The molecule has 5 aromatic rings. The molecule has 210 valence electrons. The molecule has 1 unspecified atom stereocenters. The van der Waals surface area contributed by atoms with E-state index < -0.39 is 23.7 Å². The van der Waals surface area contributed by atoms with E-state index in [2.05, 4.69) is 66.0 Å². The lowest BCUT2D eigenvalue weighted by molar-refractivity contribution is -0.143. The van der Waals surface area contributed by atoms with Crippen LogP contribution in [0.4, 0.5) is 4.79 Å². The first kappa shape index (κ1) is 28.3. The van der Waals surface area contributed by atoms with Crippen LogP contribution in [-0.2, 0) is 14.3 Å². The third kappa shape index (κ3) is 6.74. The van der Waals surface area contributed by atoms with Crippen molar-refractivity contribution in [1.82, 2.24) is 5.32 Å². The Morgan fingerprint density at radius 2 is 1.54 bits per heavy atom. The number of amides is 1. The Hall–Kier alpha value is -4.23. The number of alkyl carbamates (subject to hydrolysis) is 1. The standard InChI is InChI=1S/C34H33NO5S/c1-34(2,3)40-33(37)35-29(32(36)38-4)18-19-41-25-13-8-11-23(21-25)22-10-7-12-24(20-22)26-15-9-16-28-27-14-5-6-17-30(27)39-31(26)28/h5-17,20-21,29H,18-19H2,1-4H3,(H,35,37). The van der Waals surface area contributed by atoms with Gasteiger partial charge in [-0.25, -0.2) is 9.59 Å². The van der Waals surface area contributed by atoms with E-state index >= 15 is 0 Å². The number of esters is 1. The van der Waals surface area contributed by atoms with Gasteiger partial charge in [0.25, 0.3) is 0 Å². The zero-order chi connectivity index (χ0) is 29.0. The predicted octanol–water partition coefficient (Wildman–Crippen LogP) is 8.47. The average Bonchev–Trinajstić information content (AvgIpc) is 3.34. The number of thioether (sulfide) groups is 1. The zero-order valence-corrected chi connectivity index (χ0v) is 24.4. The molecule has 41 heavy (non-hydrogen) atoms. The Morgan fingerprint density at radius 3 is 2.32 bits per heavy atom. The van der Waals surface area contributed by atoms with Crippen molar-refractivity contribution in [2.24, 2.45) is 0 Å². The number of furan rings is 1. The molecule has 0 aliphatic rings. The monoisotopic (exact) mass is 567 g/mol. The number of methoxy groups -OCH3 is 1. The minimum Gasteiger partial charge on any atom is -0.467 e. The normalized spacial score (nSPS) is 12.3. The van der Waals surface area contributed by atoms with Gasteiger partial charge in [-0.3, -0.25) is 0 Å². The molecular formula is C34H33NO5S. The van der Waals surface area contributed by atoms with Gasteiger partial charge in [0.15, 0.2) is 0 Å². The molecule has 1 amide bonds. The number of hydrogen-bond acceptors (Lipinski definition) is 6. The molecule has 0 spiro atoms. The van der Waals surface area contributed by atoms with Gasteiger partial charge in [-0.05, 0) is 68.1 Å². The molecule has 0 aliphatic heterocycles. The average molecular weight is 568 g/mol. The number of nitrogens with one attached hydrogen (secondary N) is 1. The molecule has 0 radical (unpaired) electrons. The topological polar surface area (TPSA) is 77.8 Å². The predicted molar refractivity (Wildman–Crippen MR) is 165 cm³/mol. The van der Waals surface area contributed by atoms with Crippen LogP contribution in [0.25, 0.3) is 44.2 Å². The molecule has 1 atom stereocenters. The fraction of sp³-hybridized carbons (Fsp3) is 0.235. The van der Waals surface area contributed by atoms with Crippen molar-refractivity contribution in [2.45, 2.75) is 43.7 Å². The van der Waals surface area contributed by atoms with E-state index in [9.17, 15) is 9.59 Å². The van der Waals surface area contributed by atoms with Crippen molar-refractivity contribution in [2.75, 3.05) is 12.9 Å². The highest BCUT2D eigenvalue weighted by Gasteiger charge is 2.24. The Kier molecular flexibility index (Phi) is 8.36. The Balaban J connectivity index is 1.32. The zero-order valence-electron chi connectivity index (χ0n) is 23.6. The van der Waals surface area contributed by atoms with E-state index in [-0.39, 0.29) is 0 Å². The third-order valence-corrected chi connectivity index (χ3v) is 7.62. The lowest BCUT2D eigenvalue weighted by Crippen LogP contribution is -2.44. The first-order chi connectivity index (χ1) is 19.7. The highest BCUT2D eigenvalue weighted by molar-refractivity contribution is 7.99. The van der Waals surface area contributed by atoms with Crippen LogP contribution in [0.15, 0.2) is 100 Å². The maximum atomic E-state index is 12.3. The van der Waals surface area contributed by atoms with Gasteiger partial charge in [0.1, 0.15) is 22.8 Å². The second-order valence-electron chi connectivity index (χ2n) is 10.7. The summed E-state index contributed by atoms with van der Waals surface area (Å²) in [5, 5.41) is 4.85. The molecular weight excluding hydrogens is 534 g/mol. The molecule has 1 heterocycles. The Morgan fingerprint density at radius 1 is 0.854 bits per heavy atom. The van der Waals surface area contributed by atoms with Gasteiger partial charge >= 0.3 is 12.1 Å². The van der Waals surface area contributed by atoms with Crippen LogP contribution in [0.2, 0.25) is 0 Å². The fourth-order valence-corrected chi connectivity index (χ4v) is 5.72. The van der Waals surface area contributed by atoms with Crippen molar-refractivity contribution in [3.8, 4) is 22.3 Å². The first-order valence-electron chi connectivity index (χ1n) is 13.5. The van der Waals surface area contributed by atoms with Crippen molar-refractivity contribution in [1.29, 1.82) is 0 Å². The third-order valence-electron chi connectivity index (χ3n) is 6.60. The number of hydrogen-bond donors (Lipinski definition) is 1. The maximum absolute atomic E-state index is 12.3. The van der Waals surface area contributed by atoms with Gasteiger partial charge in [-0.15, -0.1) is 11.8 Å². The van der Waals surface area contributed by atoms with Gasteiger partial charge < -0.3 is 19.2 Å². The number of rotatable bonds is 8. The first-order valence-corrected chi connectivity index (χ1v) is 14.5. The summed E-state index contributed by atoms with van der Waals surface area (Å²) < 4.78 is 16.5. The van der Waals surface area contributed by atoms with Crippen LogP contribution >= 0.6 is 11.8 Å². The molecule has 4 aromatic carbocycles. The van der Waals surface area contributed by atoms with Crippen LogP contribution in [-0.4, -0.2) is 36.6 Å². The number of carbonyl (C=O) groups excluding carboxylic acids is 2. The van der Waals surface area contributed by atoms with Crippen molar-refractivity contribution < 1.29 is 23.5 Å². The second kappa shape index (κ2) is 12.1. The van der Waals surface area contributed by atoms with E-state index in [0.717, 1.165) is 49.1 Å². The van der Waals surface area contributed by atoms with Crippen LogP contribution in [0.3, 0.4) is 0 Å². The lowest BCUT2D eigenvalue weighted by atomic mass is 9.98. The minimum absolute atomic E-state index is 0.401. The van der Waals surface area contributed by atoms with Crippen LogP contribution in [0.5, 0.6) is 0 Å². The minimum atomic E-state index is -0.789. The number of ether oxygens (including phenoxy) is 2. The SMILES string of the molecule is COC(=O)C(CCSc1cccc(-c2cccc(-c3cccc4c3oc3ccccc34)c2)c1)NC(=O)OC(C)(C)C. The van der Waals surface area contributed by atoms with Crippen molar-refractivity contribution >= 4 is 45.8 Å². The summed E-state index contributed by atoms with van der Waals surface area (Å²) in [7, 11) is 1.31. The van der Waals surface area contributed by atoms with Gasteiger partial charge in [-0.1, -0.05) is 66.7 Å². The largest absolute Gasteiger partial charge is 0.467 e. The molecule has 6 nitrogen and oxygen atoms in total. The second-order valence-corrected chi connectivity index (χ2v) is 11.9. The number of fused-ring (bicyclic) bond motifs is 3. The molecule has 1 N–H and O–H groups in total. The van der Waals surface area contributed by atoms with E-state index in [1.54, 1.807) is 32.5 Å².